The molecule has 0 fully saturated rings. The van der Waals surface area contributed by atoms with Gasteiger partial charge in [0.05, 0.1) is 0 Å². The number of fused-ring (bicyclic) bond motifs is 1. The first-order valence-electron chi connectivity index (χ1n) is 8.82. The fourth-order valence-corrected chi connectivity index (χ4v) is 3.35. The van der Waals surface area contributed by atoms with Gasteiger partial charge in [0.1, 0.15) is 11.5 Å². The van der Waals surface area contributed by atoms with Gasteiger partial charge in [-0.05, 0) is 18.1 Å². The first-order chi connectivity index (χ1) is 12.3. The van der Waals surface area contributed by atoms with Crippen molar-refractivity contribution < 1.29 is 4.52 Å². The van der Waals surface area contributed by atoms with Crippen LogP contribution in [0.25, 0.3) is 22.4 Å². The average Bonchev–Trinajstić information content (AvgIpc) is 3.10. The Balaban J connectivity index is 1.60. The molecule has 0 amide bonds. The molecule has 2 heterocycles. The van der Waals surface area contributed by atoms with Gasteiger partial charge in [0.15, 0.2) is 0 Å². The van der Waals surface area contributed by atoms with Crippen LogP contribution < -0.4 is 0 Å². The van der Waals surface area contributed by atoms with E-state index in [1.54, 1.807) is 0 Å². The molecule has 25 heavy (non-hydrogen) atoms. The second-order valence-electron chi connectivity index (χ2n) is 6.43. The summed E-state index contributed by atoms with van der Waals surface area (Å²) < 4.78 is 5.61. The Hall–Kier alpha value is -2.65. The number of hydrogen-bond acceptors (Lipinski definition) is 3. The third-order valence-electron chi connectivity index (χ3n) is 4.77. The van der Waals surface area contributed by atoms with Gasteiger partial charge in [-0.25, -0.2) is 0 Å². The van der Waals surface area contributed by atoms with E-state index >= 15 is 0 Å². The summed E-state index contributed by atoms with van der Waals surface area (Å²) in [6, 6.07) is 19.0. The summed E-state index contributed by atoms with van der Waals surface area (Å²) in [6.07, 6.45) is 5.24. The molecule has 3 heteroatoms. The summed E-state index contributed by atoms with van der Waals surface area (Å²) in [5.41, 5.74) is 5.80. The highest BCUT2D eigenvalue weighted by atomic mass is 16.5. The maximum Gasteiger partial charge on any atom is 0.143 e. The van der Waals surface area contributed by atoms with E-state index in [4.69, 9.17) is 4.52 Å². The predicted octanol–water partition coefficient (Wildman–Crippen LogP) is 4.94. The summed E-state index contributed by atoms with van der Waals surface area (Å²) in [5, 5.41) is 4.37. The number of allylic oxidation sites excluding steroid dienone is 1. The highest BCUT2D eigenvalue weighted by molar-refractivity contribution is 5.70. The standard InChI is InChI=1S/C22H22N2O/c1-2-3-14-24-15-13-21-20(16-24)22(23-25-21)19-11-9-18(10-12-19)17-7-5-4-6-8-17/h2-12H,13-16H2,1H3/b3-2+. The van der Waals surface area contributed by atoms with Gasteiger partial charge in [0, 0.05) is 37.2 Å². The van der Waals surface area contributed by atoms with Crippen molar-refractivity contribution in [3.8, 4) is 22.4 Å². The Morgan fingerprint density at radius 3 is 2.48 bits per heavy atom. The zero-order valence-corrected chi connectivity index (χ0v) is 14.5. The molecule has 0 bridgehead atoms. The van der Waals surface area contributed by atoms with E-state index in [1.807, 2.05) is 6.07 Å². The molecule has 0 saturated heterocycles. The Morgan fingerprint density at radius 2 is 1.72 bits per heavy atom. The third kappa shape index (κ3) is 3.28. The summed E-state index contributed by atoms with van der Waals surface area (Å²) in [6.45, 7) is 4.97. The van der Waals surface area contributed by atoms with E-state index in [1.165, 1.54) is 16.7 Å². The number of rotatable bonds is 4. The van der Waals surface area contributed by atoms with Crippen molar-refractivity contribution in [3.63, 3.8) is 0 Å². The van der Waals surface area contributed by atoms with Crippen LogP contribution >= 0.6 is 0 Å². The second kappa shape index (κ2) is 7.08. The molecule has 0 unspecified atom stereocenters. The molecule has 0 N–H and O–H groups in total. The number of aromatic nitrogens is 1. The van der Waals surface area contributed by atoms with Crippen molar-refractivity contribution in [3.05, 3.63) is 78.1 Å². The van der Waals surface area contributed by atoms with E-state index in [9.17, 15) is 0 Å². The topological polar surface area (TPSA) is 29.3 Å². The summed E-state index contributed by atoms with van der Waals surface area (Å²) >= 11 is 0. The molecular weight excluding hydrogens is 308 g/mol. The quantitative estimate of drug-likeness (QED) is 0.634. The van der Waals surface area contributed by atoms with Crippen molar-refractivity contribution in [2.45, 2.75) is 19.9 Å². The predicted molar refractivity (Wildman–Crippen MR) is 101 cm³/mol. The van der Waals surface area contributed by atoms with Gasteiger partial charge in [-0.15, -0.1) is 0 Å². The van der Waals surface area contributed by atoms with Gasteiger partial charge >= 0.3 is 0 Å². The van der Waals surface area contributed by atoms with Crippen LogP contribution in [0.2, 0.25) is 0 Å². The second-order valence-corrected chi connectivity index (χ2v) is 6.43. The zero-order chi connectivity index (χ0) is 17.1. The van der Waals surface area contributed by atoms with E-state index in [2.05, 4.69) is 77.7 Å². The molecule has 0 atom stereocenters. The molecule has 1 aliphatic rings. The molecule has 1 aliphatic heterocycles. The van der Waals surface area contributed by atoms with Crippen molar-refractivity contribution >= 4 is 0 Å². The van der Waals surface area contributed by atoms with Gasteiger partial charge in [-0.3, -0.25) is 4.90 Å². The third-order valence-corrected chi connectivity index (χ3v) is 4.77. The number of hydrogen-bond donors (Lipinski definition) is 0. The van der Waals surface area contributed by atoms with Crippen molar-refractivity contribution in [1.82, 2.24) is 10.1 Å². The first kappa shape index (κ1) is 15.9. The normalized spacial score (nSPS) is 14.8. The van der Waals surface area contributed by atoms with Crippen LogP contribution in [0.3, 0.4) is 0 Å². The fraction of sp³-hybridized carbons (Fsp3) is 0.227. The minimum atomic E-state index is 0.902. The molecule has 0 spiro atoms. The molecule has 3 nitrogen and oxygen atoms in total. The van der Waals surface area contributed by atoms with Gasteiger partial charge in [-0.2, -0.15) is 0 Å². The van der Waals surface area contributed by atoms with E-state index in [0.717, 1.165) is 43.1 Å². The lowest BCUT2D eigenvalue weighted by molar-refractivity contribution is 0.258. The maximum atomic E-state index is 5.61. The van der Waals surface area contributed by atoms with E-state index in [-0.39, 0.29) is 0 Å². The molecule has 0 aliphatic carbocycles. The summed E-state index contributed by atoms with van der Waals surface area (Å²) in [4.78, 5) is 2.43. The van der Waals surface area contributed by atoms with Crippen molar-refractivity contribution in [1.29, 1.82) is 0 Å². The van der Waals surface area contributed by atoms with Crippen LogP contribution in [0.5, 0.6) is 0 Å². The minimum absolute atomic E-state index is 0.902. The lowest BCUT2D eigenvalue weighted by atomic mass is 9.99. The highest BCUT2D eigenvalue weighted by Crippen LogP contribution is 2.31. The molecular formula is C22H22N2O. The molecule has 0 radical (unpaired) electrons. The van der Waals surface area contributed by atoms with Gasteiger partial charge in [0.2, 0.25) is 0 Å². The van der Waals surface area contributed by atoms with Crippen LogP contribution in [0.1, 0.15) is 18.2 Å². The van der Waals surface area contributed by atoms with Gasteiger partial charge < -0.3 is 4.52 Å². The lowest BCUT2D eigenvalue weighted by Crippen LogP contribution is -2.30. The minimum Gasteiger partial charge on any atom is -0.360 e. The zero-order valence-electron chi connectivity index (χ0n) is 14.5. The van der Waals surface area contributed by atoms with Crippen LogP contribution in [0, 0.1) is 0 Å². The molecule has 2 aromatic carbocycles. The Bertz CT molecular complexity index is 863. The smallest absolute Gasteiger partial charge is 0.143 e. The van der Waals surface area contributed by atoms with E-state index < -0.39 is 0 Å². The monoisotopic (exact) mass is 330 g/mol. The van der Waals surface area contributed by atoms with Gasteiger partial charge in [-0.1, -0.05) is 71.9 Å². The molecule has 1 aromatic heterocycles. The molecule has 3 aromatic rings. The summed E-state index contributed by atoms with van der Waals surface area (Å²) in [5.74, 6) is 1.04. The van der Waals surface area contributed by atoms with Gasteiger partial charge in [0.25, 0.3) is 0 Å². The Labute approximate surface area is 148 Å². The summed E-state index contributed by atoms with van der Waals surface area (Å²) in [7, 11) is 0. The lowest BCUT2D eigenvalue weighted by Gasteiger charge is -2.24. The Morgan fingerprint density at radius 1 is 1.00 bits per heavy atom. The average molecular weight is 330 g/mol. The van der Waals surface area contributed by atoms with Crippen molar-refractivity contribution in [2.24, 2.45) is 0 Å². The maximum absolute atomic E-state index is 5.61. The fourth-order valence-electron chi connectivity index (χ4n) is 3.35. The van der Waals surface area contributed by atoms with Crippen molar-refractivity contribution in [2.75, 3.05) is 13.1 Å². The van der Waals surface area contributed by atoms with E-state index in [0.29, 0.717) is 0 Å². The molecule has 126 valence electrons. The van der Waals surface area contributed by atoms with Crippen LogP contribution in [-0.2, 0) is 13.0 Å². The number of nitrogens with zero attached hydrogens (tertiary/aromatic N) is 2. The Kier molecular flexibility index (Phi) is 4.49. The SMILES string of the molecule is C/C=C/CN1CCc2onc(-c3ccc(-c4ccccc4)cc3)c2C1. The first-order valence-corrected chi connectivity index (χ1v) is 8.82. The molecule has 4 rings (SSSR count). The molecule has 0 saturated carbocycles. The van der Waals surface area contributed by atoms with Crippen LogP contribution in [0.4, 0.5) is 0 Å². The highest BCUT2D eigenvalue weighted by Gasteiger charge is 2.24. The largest absolute Gasteiger partial charge is 0.360 e. The van der Waals surface area contributed by atoms with Crippen LogP contribution in [0.15, 0.2) is 71.3 Å². The van der Waals surface area contributed by atoms with Crippen LogP contribution in [-0.4, -0.2) is 23.1 Å². The number of benzene rings is 2.